The van der Waals surface area contributed by atoms with Crippen LogP contribution in [0, 0.1) is 0 Å². The second-order valence-corrected chi connectivity index (χ2v) is 7.65. The zero-order valence-corrected chi connectivity index (χ0v) is 16.4. The second kappa shape index (κ2) is 9.28. The van der Waals surface area contributed by atoms with Crippen LogP contribution >= 0.6 is 23.4 Å². The zero-order chi connectivity index (χ0) is 18.4. The van der Waals surface area contributed by atoms with E-state index in [0.29, 0.717) is 23.9 Å². The number of fused-ring (bicyclic) bond motifs is 1. The number of ether oxygens (including phenoxy) is 1. The number of carbonyl (C=O) groups is 1. The summed E-state index contributed by atoms with van der Waals surface area (Å²) < 4.78 is 7.80. The third-order valence-electron chi connectivity index (χ3n) is 4.34. The summed E-state index contributed by atoms with van der Waals surface area (Å²) in [6.07, 6.45) is 4.51. The van der Waals surface area contributed by atoms with Gasteiger partial charge in [0.25, 0.3) is 0 Å². The highest BCUT2D eigenvalue weighted by Crippen LogP contribution is 2.22. The van der Waals surface area contributed by atoms with E-state index >= 15 is 0 Å². The summed E-state index contributed by atoms with van der Waals surface area (Å²) in [5.74, 6) is 2.20. The lowest BCUT2D eigenvalue weighted by atomic mass is 10.2. The maximum atomic E-state index is 12.3. The van der Waals surface area contributed by atoms with E-state index in [9.17, 15) is 4.79 Å². The van der Waals surface area contributed by atoms with Gasteiger partial charge in [-0.2, -0.15) is 0 Å². The molecular weight excluding hydrogens is 372 g/mol. The molecule has 3 rings (SSSR count). The van der Waals surface area contributed by atoms with Gasteiger partial charge in [0.05, 0.1) is 12.3 Å². The van der Waals surface area contributed by atoms with Crippen molar-refractivity contribution in [1.29, 1.82) is 0 Å². The number of amides is 1. The van der Waals surface area contributed by atoms with Crippen molar-refractivity contribution < 1.29 is 9.53 Å². The summed E-state index contributed by atoms with van der Waals surface area (Å²) in [6.45, 7) is 1.92. The Morgan fingerprint density at radius 2 is 2.08 bits per heavy atom. The minimum absolute atomic E-state index is 0.0562. The number of likely N-dealkylation sites (N-methyl/N-ethyl adjacent to an activating group) is 1. The summed E-state index contributed by atoms with van der Waals surface area (Å²) in [6, 6.07) is 7.20. The van der Waals surface area contributed by atoms with Crippen LogP contribution in [0.3, 0.4) is 0 Å². The number of hydrogen-bond donors (Lipinski definition) is 0. The Bertz CT molecular complexity index is 735. The summed E-state index contributed by atoms with van der Waals surface area (Å²) in [5.41, 5.74) is 0. The van der Waals surface area contributed by atoms with E-state index in [1.807, 2.05) is 12.1 Å². The molecule has 0 N–H and O–H groups in total. The van der Waals surface area contributed by atoms with E-state index in [0.717, 1.165) is 42.5 Å². The lowest BCUT2D eigenvalue weighted by Crippen LogP contribution is -2.32. The van der Waals surface area contributed by atoms with Crippen molar-refractivity contribution >= 4 is 29.3 Å². The van der Waals surface area contributed by atoms with Crippen LogP contribution in [0.4, 0.5) is 0 Å². The van der Waals surface area contributed by atoms with Crippen LogP contribution in [0.2, 0.25) is 5.02 Å². The van der Waals surface area contributed by atoms with Gasteiger partial charge in [0.15, 0.2) is 5.16 Å². The van der Waals surface area contributed by atoms with Gasteiger partial charge in [-0.25, -0.2) is 0 Å². The molecule has 1 amide bonds. The first-order valence-electron chi connectivity index (χ1n) is 8.80. The zero-order valence-electron chi connectivity index (χ0n) is 14.9. The smallest absolute Gasteiger partial charge is 0.232 e. The Labute approximate surface area is 162 Å². The lowest BCUT2D eigenvalue weighted by Gasteiger charge is -2.17. The maximum Gasteiger partial charge on any atom is 0.232 e. The van der Waals surface area contributed by atoms with E-state index in [4.69, 9.17) is 16.3 Å². The predicted octanol–water partition coefficient (Wildman–Crippen LogP) is 3.29. The van der Waals surface area contributed by atoms with E-state index in [1.165, 1.54) is 18.2 Å². The van der Waals surface area contributed by atoms with E-state index in [-0.39, 0.29) is 5.91 Å². The number of nitrogens with zero attached hydrogens (tertiary/aromatic N) is 4. The summed E-state index contributed by atoms with van der Waals surface area (Å²) in [7, 11) is 1.79. The third-order valence-corrected chi connectivity index (χ3v) is 5.54. The molecule has 0 saturated heterocycles. The number of thioether (sulfide) groups is 1. The first-order valence-corrected chi connectivity index (χ1v) is 10.2. The van der Waals surface area contributed by atoms with E-state index in [1.54, 1.807) is 24.1 Å². The molecule has 0 radical (unpaired) electrons. The van der Waals surface area contributed by atoms with Gasteiger partial charge in [0, 0.05) is 25.0 Å². The molecule has 0 bridgehead atoms. The largest absolute Gasteiger partial charge is 0.492 e. The van der Waals surface area contributed by atoms with Crippen molar-refractivity contribution in [3.05, 3.63) is 35.1 Å². The molecule has 8 heteroatoms. The number of rotatable bonds is 7. The van der Waals surface area contributed by atoms with Gasteiger partial charge in [-0.1, -0.05) is 29.8 Å². The Morgan fingerprint density at radius 1 is 1.27 bits per heavy atom. The van der Waals surface area contributed by atoms with Crippen LogP contribution in [0.15, 0.2) is 29.4 Å². The molecule has 0 atom stereocenters. The number of aryl methyl sites for hydroxylation is 1. The van der Waals surface area contributed by atoms with Gasteiger partial charge in [0.1, 0.15) is 18.2 Å². The highest BCUT2D eigenvalue weighted by atomic mass is 35.5. The molecular formula is C18H23ClN4O2S. The number of benzene rings is 1. The van der Waals surface area contributed by atoms with Crippen molar-refractivity contribution in [2.75, 3.05) is 26.0 Å². The van der Waals surface area contributed by atoms with Crippen molar-refractivity contribution in [3.8, 4) is 5.75 Å². The maximum absolute atomic E-state index is 12.3. The van der Waals surface area contributed by atoms with Crippen LogP contribution in [-0.2, 0) is 17.8 Å². The molecule has 0 spiro atoms. The van der Waals surface area contributed by atoms with Crippen LogP contribution in [0.25, 0.3) is 0 Å². The molecule has 1 aromatic heterocycles. The highest BCUT2D eigenvalue weighted by Gasteiger charge is 2.17. The first kappa shape index (κ1) is 19.0. The molecule has 2 aromatic rings. The highest BCUT2D eigenvalue weighted by molar-refractivity contribution is 7.99. The van der Waals surface area contributed by atoms with E-state index in [2.05, 4.69) is 14.8 Å². The quantitative estimate of drug-likeness (QED) is 0.674. The summed E-state index contributed by atoms with van der Waals surface area (Å²) in [4.78, 5) is 14.0. The van der Waals surface area contributed by atoms with E-state index < -0.39 is 0 Å². The van der Waals surface area contributed by atoms with Crippen LogP contribution in [0.1, 0.15) is 25.1 Å². The minimum Gasteiger partial charge on any atom is -0.492 e. The normalized spacial score (nSPS) is 13.8. The molecule has 26 heavy (non-hydrogen) atoms. The second-order valence-electron chi connectivity index (χ2n) is 6.27. The fraction of sp³-hybridized carbons (Fsp3) is 0.500. The Morgan fingerprint density at radius 3 is 2.88 bits per heavy atom. The fourth-order valence-electron chi connectivity index (χ4n) is 2.76. The predicted molar refractivity (Wildman–Crippen MR) is 103 cm³/mol. The average molecular weight is 395 g/mol. The number of carbonyl (C=O) groups excluding carboxylic acids is 1. The van der Waals surface area contributed by atoms with Crippen molar-refractivity contribution in [1.82, 2.24) is 19.7 Å². The molecule has 0 fully saturated rings. The van der Waals surface area contributed by atoms with Crippen LogP contribution < -0.4 is 4.74 Å². The molecule has 0 saturated carbocycles. The van der Waals surface area contributed by atoms with Gasteiger partial charge in [0.2, 0.25) is 5.91 Å². The standard InChI is InChI=1S/C18H23ClN4O2S/c1-22(11-12-25-15-8-6-14(19)7-9-15)17(24)13-26-18-21-20-16-5-3-2-4-10-23(16)18/h6-9H,2-5,10-13H2,1H3. The fourth-order valence-corrected chi connectivity index (χ4v) is 3.81. The number of halogens is 1. The first-order chi connectivity index (χ1) is 12.6. The molecule has 6 nitrogen and oxygen atoms in total. The molecule has 1 aliphatic heterocycles. The van der Waals surface area contributed by atoms with Crippen molar-refractivity contribution in [3.63, 3.8) is 0 Å². The Balaban J connectivity index is 1.43. The number of hydrogen-bond acceptors (Lipinski definition) is 5. The Kier molecular flexibility index (Phi) is 6.80. The summed E-state index contributed by atoms with van der Waals surface area (Å²) in [5, 5.41) is 10.0. The number of aromatic nitrogens is 3. The van der Waals surface area contributed by atoms with Crippen molar-refractivity contribution in [2.24, 2.45) is 0 Å². The molecule has 1 aromatic carbocycles. The van der Waals surface area contributed by atoms with Gasteiger partial charge in [-0.15, -0.1) is 10.2 Å². The molecule has 0 unspecified atom stereocenters. The lowest BCUT2D eigenvalue weighted by molar-refractivity contribution is -0.127. The molecule has 1 aliphatic rings. The molecule has 0 aliphatic carbocycles. The van der Waals surface area contributed by atoms with Crippen LogP contribution in [-0.4, -0.2) is 51.5 Å². The SMILES string of the molecule is CN(CCOc1ccc(Cl)cc1)C(=O)CSc1nnc2n1CCCCC2. The van der Waals surface area contributed by atoms with Gasteiger partial charge >= 0.3 is 0 Å². The average Bonchev–Trinajstić information content (AvgIpc) is 2.87. The van der Waals surface area contributed by atoms with Crippen LogP contribution in [0.5, 0.6) is 5.75 Å². The minimum atomic E-state index is 0.0562. The topological polar surface area (TPSA) is 60.2 Å². The van der Waals surface area contributed by atoms with Gasteiger partial charge in [-0.05, 0) is 37.1 Å². The van der Waals surface area contributed by atoms with Crippen molar-refractivity contribution in [2.45, 2.75) is 37.4 Å². The third kappa shape index (κ3) is 5.14. The monoisotopic (exact) mass is 394 g/mol. The molecule has 2 heterocycles. The van der Waals surface area contributed by atoms with Gasteiger partial charge < -0.3 is 14.2 Å². The molecule has 140 valence electrons. The van der Waals surface area contributed by atoms with Gasteiger partial charge in [-0.3, -0.25) is 4.79 Å². The summed E-state index contributed by atoms with van der Waals surface area (Å²) >= 11 is 7.31. The Hall–Kier alpha value is -1.73.